The number of carbonyl (C=O) groups is 3. The predicted octanol–water partition coefficient (Wildman–Crippen LogP) is 2.91. The standard InChI is InChI=1S/C20H19NO4/c1-3-25-19(24)20(2)16(14-10-6-4-7-11-14)21(18(23)17(20)22)15-12-8-5-9-13-15/h4-13,16H,3H2,1-2H3/t16-,20-/m1/s1/i19+1. The molecule has 25 heavy (non-hydrogen) atoms. The monoisotopic (exact) mass is 338 g/mol. The molecule has 1 fully saturated rings. The number of ketones is 1. The molecule has 3 rings (SSSR count). The molecule has 0 spiro atoms. The summed E-state index contributed by atoms with van der Waals surface area (Å²) in [7, 11) is 0. The van der Waals surface area contributed by atoms with E-state index in [0.717, 1.165) is 0 Å². The summed E-state index contributed by atoms with van der Waals surface area (Å²) in [5.41, 5.74) is -0.312. The Hall–Kier alpha value is -2.95. The van der Waals surface area contributed by atoms with Crippen molar-refractivity contribution in [2.45, 2.75) is 19.9 Å². The zero-order valence-electron chi connectivity index (χ0n) is 14.1. The fourth-order valence-corrected chi connectivity index (χ4v) is 3.29. The molecule has 2 aromatic carbocycles. The van der Waals surface area contributed by atoms with Crippen LogP contribution in [0.15, 0.2) is 60.7 Å². The number of Topliss-reactive ketones (excluding diaryl/α,β-unsaturated/α-hetero) is 1. The van der Waals surface area contributed by atoms with Crippen molar-refractivity contribution in [3.8, 4) is 0 Å². The summed E-state index contributed by atoms with van der Waals surface area (Å²) in [6, 6.07) is 17.2. The van der Waals surface area contributed by atoms with E-state index in [0.29, 0.717) is 11.3 Å². The second kappa shape index (κ2) is 6.51. The van der Waals surface area contributed by atoms with E-state index in [-0.39, 0.29) is 6.61 Å². The zero-order valence-corrected chi connectivity index (χ0v) is 14.1. The Morgan fingerprint density at radius 3 is 2.16 bits per heavy atom. The molecule has 0 aliphatic carbocycles. The van der Waals surface area contributed by atoms with Crippen LogP contribution >= 0.6 is 0 Å². The number of para-hydroxylation sites is 1. The zero-order chi connectivity index (χ0) is 18.0. The molecule has 1 aliphatic heterocycles. The van der Waals surface area contributed by atoms with Crippen molar-refractivity contribution in [2.75, 3.05) is 11.5 Å². The van der Waals surface area contributed by atoms with Crippen molar-refractivity contribution in [2.24, 2.45) is 5.41 Å². The second-order valence-corrected chi connectivity index (χ2v) is 6.08. The molecular weight excluding hydrogens is 319 g/mol. The largest absolute Gasteiger partial charge is 0.465 e. The summed E-state index contributed by atoms with van der Waals surface area (Å²) in [6.07, 6.45) is 0. The molecule has 1 heterocycles. The topological polar surface area (TPSA) is 63.7 Å². The van der Waals surface area contributed by atoms with Crippen LogP contribution in [0.2, 0.25) is 0 Å². The molecule has 1 saturated heterocycles. The van der Waals surface area contributed by atoms with Crippen LogP contribution in [0, 0.1) is 5.41 Å². The molecule has 128 valence electrons. The predicted molar refractivity (Wildman–Crippen MR) is 92.9 cm³/mol. The van der Waals surface area contributed by atoms with Gasteiger partial charge in [-0.3, -0.25) is 19.3 Å². The van der Waals surface area contributed by atoms with Crippen LogP contribution in [0.4, 0.5) is 5.69 Å². The first kappa shape index (κ1) is 16.9. The Morgan fingerprint density at radius 2 is 1.60 bits per heavy atom. The Bertz CT molecular complexity index is 803. The molecule has 2 atom stereocenters. The fourth-order valence-electron chi connectivity index (χ4n) is 3.29. The number of hydrogen-bond donors (Lipinski definition) is 0. The van der Waals surface area contributed by atoms with Crippen LogP contribution in [-0.2, 0) is 19.1 Å². The van der Waals surface area contributed by atoms with Gasteiger partial charge < -0.3 is 4.74 Å². The van der Waals surface area contributed by atoms with Crippen LogP contribution in [0.3, 0.4) is 0 Å². The molecule has 1 aliphatic rings. The lowest BCUT2D eigenvalue weighted by atomic mass is 9.84. The third kappa shape index (κ3) is 2.61. The van der Waals surface area contributed by atoms with Crippen LogP contribution in [0.1, 0.15) is 25.5 Å². The summed E-state index contributed by atoms with van der Waals surface area (Å²) in [5, 5.41) is 0. The number of nitrogens with zero attached hydrogens (tertiary/aromatic N) is 1. The van der Waals surface area contributed by atoms with Gasteiger partial charge in [0.05, 0.1) is 12.6 Å². The van der Waals surface area contributed by atoms with E-state index in [9.17, 15) is 14.4 Å². The summed E-state index contributed by atoms with van der Waals surface area (Å²) in [6.45, 7) is 3.31. The second-order valence-electron chi connectivity index (χ2n) is 6.08. The molecule has 0 bridgehead atoms. The normalized spacial score (nSPS) is 23.0. The van der Waals surface area contributed by atoms with Gasteiger partial charge in [0.1, 0.15) is 0 Å². The highest BCUT2D eigenvalue weighted by molar-refractivity contribution is 6.49. The Morgan fingerprint density at radius 1 is 1.04 bits per heavy atom. The van der Waals surface area contributed by atoms with Crippen molar-refractivity contribution in [1.82, 2.24) is 0 Å². The van der Waals surface area contributed by atoms with Crippen molar-refractivity contribution >= 4 is 23.3 Å². The lowest BCUT2D eigenvalue weighted by Crippen LogP contribution is -2.40. The average molecular weight is 338 g/mol. The molecule has 0 unspecified atom stereocenters. The average Bonchev–Trinajstić information content (AvgIpc) is 2.85. The smallest absolute Gasteiger partial charge is 0.322 e. The third-order valence-corrected chi connectivity index (χ3v) is 4.54. The van der Waals surface area contributed by atoms with E-state index in [2.05, 4.69) is 0 Å². The van der Waals surface area contributed by atoms with Gasteiger partial charge in [0.25, 0.3) is 5.91 Å². The van der Waals surface area contributed by atoms with E-state index in [1.807, 2.05) is 36.4 Å². The molecule has 0 aromatic heterocycles. The van der Waals surface area contributed by atoms with E-state index >= 15 is 0 Å². The van der Waals surface area contributed by atoms with Crippen molar-refractivity contribution < 1.29 is 19.1 Å². The van der Waals surface area contributed by atoms with E-state index < -0.39 is 29.1 Å². The highest BCUT2D eigenvalue weighted by Crippen LogP contribution is 2.48. The highest BCUT2D eigenvalue weighted by Gasteiger charge is 2.62. The molecule has 2 aromatic rings. The lowest BCUT2D eigenvalue weighted by Gasteiger charge is -2.32. The maximum atomic E-state index is 12.8. The van der Waals surface area contributed by atoms with Gasteiger partial charge in [-0.05, 0) is 31.5 Å². The SMILES string of the molecule is CCO[13C](=O)[C@@]1(C)C(=O)C(=O)N(c2ccccc2)[C@@H]1c1ccccc1. The molecule has 5 nitrogen and oxygen atoms in total. The number of carbonyl (C=O) groups excluding carboxylic acids is 3. The molecule has 0 saturated carbocycles. The van der Waals surface area contributed by atoms with Gasteiger partial charge in [-0.2, -0.15) is 0 Å². The lowest BCUT2D eigenvalue weighted by molar-refractivity contribution is -0.159. The van der Waals surface area contributed by atoms with Gasteiger partial charge in [-0.15, -0.1) is 0 Å². The minimum atomic E-state index is -1.59. The van der Waals surface area contributed by atoms with E-state index in [4.69, 9.17) is 4.74 Å². The quantitative estimate of drug-likeness (QED) is 0.372. The van der Waals surface area contributed by atoms with Gasteiger partial charge in [0, 0.05) is 5.69 Å². The number of amides is 1. The summed E-state index contributed by atoms with van der Waals surface area (Å²) < 4.78 is 5.14. The van der Waals surface area contributed by atoms with Crippen molar-refractivity contribution in [3.63, 3.8) is 0 Å². The van der Waals surface area contributed by atoms with Gasteiger partial charge >= 0.3 is 5.97 Å². The maximum Gasteiger partial charge on any atom is 0.322 e. The number of rotatable bonds is 4. The third-order valence-electron chi connectivity index (χ3n) is 4.54. The first-order valence-corrected chi connectivity index (χ1v) is 8.17. The fraction of sp³-hybridized carbons (Fsp3) is 0.250. The van der Waals surface area contributed by atoms with Crippen LogP contribution < -0.4 is 4.90 Å². The highest BCUT2D eigenvalue weighted by atomic mass is 16.6. The van der Waals surface area contributed by atoms with E-state index in [1.165, 1.54) is 11.8 Å². The number of ether oxygens (including phenoxy) is 1. The van der Waals surface area contributed by atoms with Crippen molar-refractivity contribution in [3.05, 3.63) is 66.2 Å². The van der Waals surface area contributed by atoms with E-state index in [1.54, 1.807) is 31.2 Å². The first-order chi connectivity index (χ1) is 12.0. The molecule has 1 amide bonds. The maximum absolute atomic E-state index is 12.8. The molecule has 0 radical (unpaired) electrons. The number of hydrogen-bond acceptors (Lipinski definition) is 4. The van der Waals surface area contributed by atoms with Gasteiger partial charge in [-0.25, -0.2) is 0 Å². The van der Waals surface area contributed by atoms with Crippen LogP contribution in [-0.4, -0.2) is 24.3 Å². The Labute approximate surface area is 146 Å². The van der Waals surface area contributed by atoms with Crippen LogP contribution in [0.5, 0.6) is 0 Å². The number of anilines is 1. The minimum absolute atomic E-state index is 0.142. The molecule has 0 N–H and O–H groups in total. The Balaban J connectivity index is 2.20. The van der Waals surface area contributed by atoms with Gasteiger partial charge in [0.2, 0.25) is 5.78 Å². The number of esters is 1. The Kier molecular flexibility index (Phi) is 4.40. The summed E-state index contributed by atoms with van der Waals surface area (Å²) in [5.74, 6) is -2.13. The molecule has 5 heteroatoms. The van der Waals surface area contributed by atoms with Crippen LogP contribution in [0.25, 0.3) is 0 Å². The van der Waals surface area contributed by atoms with Gasteiger partial charge in [0.15, 0.2) is 5.41 Å². The first-order valence-electron chi connectivity index (χ1n) is 8.17. The summed E-state index contributed by atoms with van der Waals surface area (Å²) in [4.78, 5) is 39.7. The van der Waals surface area contributed by atoms with Gasteiger partial charge in [-0.1, -0.05) is 48.5 Å². The number of benzene rings is 2. The molecular formula is C20H19NO4. The minimum Gasteiger partial charge on any atom is -0.465 e. The summed E-state index contributed by atoms with van der Waals surface area (Å²) >= 11 is 0. The van der Waals surface area contributed by atoms with Crippen molar-refractivity contribution in [1.29, 1.82) is 0 Å².